The van der Waals surface area contributed by atoms with Gasteiger partial charge >= 0.3 is 5.97 Å². The van der Waals surface area contributed by atoms with Crippen LogP contribution < -0.4 is 5.32 Å². The molecule has 7 nitrogen and oxygen atoms in total. The number of rotatable bonds is 11. The van der Waals surface area contributed by atoms with E-state index in [9.17, 15) is 14.7 Å². The largest absolute Gasteiger partial charge is 0.478 e. The first-order valence-electron chi connectivity index (χ1n) is 14.1. The topological polar surface area (TPSA) is 97.1 Å². The summed E-state index contributed by atoms with van der Waals surface area (Å²) >= 11 is 4.49. The van der Waals surface area contributed by atoms with E-state index in [1.54, 1.807) is 24.4 Å². The van der Waals surface area contributed by atoms with Crippen molar-refractivity contribution in [3.8, 4) is 11.1 Å². The number of carboxylic acids is 1. The number of benzene rings is 3. The van der Waals surface area contributed by atoms with E-state index in [4.69, 9.17) is 4.98 Å². The summed E-state index contributed by atoms with van der Waals surface area (Å²) in [6, 6.07) is 24.5. The fourth-order valence-corrected chi connectivity index (χ4v) is 5.47. The van der Waals surface area contributed by atoms with Crippen molar-refractivity contribution in [2.45, 2.75) is 45.7 Å². The molecule has 2 N–H and O–H groups in total. The lowest BCUT2D eigenvalue weighted by molar-refractivity contribution is 0.0697. The van der Waals surface area contributed by atoms with E-state index >= 15 is 0 Å². The molecule has 2 heterocycles. The molecular weight excluding hydrogens is 544 g/mol. The van der Waals surface area contributed by atoms with Crippen LogP contribution in [-0.2, 0) is 19.4 Å². The van der Waals surface area contributed by atoms with Gasteiger partial charge in [-0.05, 0) is 60.7 Å². The summed E-state index contributed by atoms with van der Waals surface area (Å²) in [7, 11) is 0. The van der Waals surface area contributed by atoms with Crippen LogP contribution in [0.1, 0.15) is 56.7 Å². The van der Waals surface area contributed by atoms with Crippen molar-refractivity contribution in [3.05, 3.63) is 119 Å². The van der Waals surface area contributed by atoms with E-state index in [-0.39, 0.29) is 17.5 Å². The van der Waals surface area contributed by atoms with E-state index in [1.165, 1.54) is 0 Å². The number of hydrogen-bond donors (Lipinski definition) is 3. The van der Waals surface area contributed by atoms with Crippen LogP contribution in [-0.4, -0.2) is 43.3 Å². The van der Waals surface area contributed by atoms with Crippen LogP contribution in [0.4, 0.5) is 0 Å². The summed E-state index contributed by atoms with van der Waals surface area (Å²) in [6.07, 6.45) is 4.13. The van der Waals surface area contributed by atoms with Crippen molar-refractivity contribution in [3.63, 3.8) is 0 Å². The molecule has 0 saturated carbocycles. The van der Waals surface area contributed by atoms with Gasteiger partial charge in [0.15, 0.2) is 0 Å². The van der Waals surface area contributed by atoms with E-state index in [0.29, 0.717) is 29.8 Å². The van der Waals surface area contributed by atoms with Crippen LogP contribution in [0.5, 0.6) is 0 Å². The SMILES string of the molecule is CCCc1nc2c(C)cc(C(=O)N[C@@H](CS)Cc3ccccc3)cc2n1Cc1ccc(-c2ccccc2C(=O)O)cn1. The van der Waals surface area contributed by atoms with Gasteiger partial charge in [0.25, 0.3) is 5.91 Å². The van der Waals surface area contributed by atoms with E-state index in [2.05, 4.69) is 46.6 Å². The van der Waals surface area contributed by atoms with Gasteiger partial charge in [0, 0.05) is 35.5 Å². The number of pyridine rings is 1. The average molecular weight is 579 g/mol. The van der Waals surface area contributed by atoms with Crippen molar-refractivity contribution in [1.29, 1.82) is 0 Å². The number of aryl methyl sites for hydroxylation is 2. The Morgan fingerprint density at radius 1 is 1.02 bits per heavy atom. The summed E-state index contributed by atoms with van der Waals surface area (Å²) in [6.45, 7) is 4.58. The first-order chi connectivity index (χ1) is 20.4. The third-order valence-corrected chi connectivity index (χ3v) is 7.79. The van der Waals surface area contributed by atoms with Crippen molar-refractivity contribution in [2.75, 3.05) is 5.75 Å². The Labute approximate surface area is 251 Å². The number of amides is 1. The molecule has 0 aliphatic heterocycles. The summed E-state index contributed by atoms with van der Waals surface area (Å²) in [4.78, 5) is 34.7. The third kappa shape index (κ3) is 6.39. The molecule has 214 valence electrons. The molecule has 0 bridgehead atoms. The predicted octanol–water partition coefficient (Wildman–Crippen LogP) is 6.38. The number of hydrogen-bond acceptors (Lipinski definition) is 5. The first-order valence-corrected chi connectivity index (χ1v) is 14.7. The maximum absolute atomic E-state index is 13.4. The Morgan fingerprint density at radius 2 is 1.79 bits per heavy atom. The zero-order valence-electron chi connectivity index (χ0n) is 23.7. The van der Waals surface area contributed by atoms with Gasteiger partial charge in [-0.25, -0.2) is 9.78 Å². The molecule has 0 spiro atoms. The predicted molar refractivity (Wildman–Crippen MR) is 169 cm³/mol. The maximum Gasteiger partial charge on any atom is 0.336 e. The number of nitrogens with zero attached hydrogens (tertiary/aromatic N) is 3. The minimum absolute atomic E-state index is 0.103. The second-order valence-corrected chi connectivity index (χ2v) is 10.8. The molecule has 0 unspecified atom stereocenters. The Bertz CT molecular complexity index is 1710. The van der Waals surface area contributed by atoms with Gasteiger partial charge in [0.05, 0.1) is 28.8 Å². The van der Waals surface area contributed by atoms with Crippen molar-refractivity contribution in [2.24, 2.45) is 0 Å². The first kappa shape index (κ1) is 29.1. The second kappa shape index (κ2) is 13.0. The molecule has 0 fully saturated rings. The fraction of sp³-hybridized carbons (Fsp3) is 0.235. The lowest BCUT2D eigenvalue weighted by Crippen LogP contribution is -2.37. The molecule has 0 saturated heterocycles. The maximum atomic E-state index is 13.4. The van der Waals surface area contributed by atoms with Crippen molar-refractivity contribution >= 4 is 35.5 Å². The van der Waals surface area contributed by atoms with Crippen LogP contribution >= 0.6 is 12.6 Å². The Kier molecular flexibility index (Phi) is 9.03. The Balaban J connectivity index is 1.44. The van der Waals surface area contributed by atoms with Crippen LogP contribution in [0.25, 0.3) is 22.2 Å². The normalized spacial score (nSPS) is 11.9. The summed E-state index contributed by atoms with van der Waals surface area (Å²) in [5, 5.41) is 12.7. The fourth-order valence-electron chi connectivity index (χ4n) is 5.25. The lowest BCUT2D eigenvalue weighted by Gasteiger charge is -2.17. The van der Waals surface area contributed by atoms with Crippen molar-refractivity contribution < 1.29 is 14.7 Å². The number of carbonyl (C=O) groups is 2. The monoisotopic (exact) mass is 578 g/mol. The number of carboxylic acid groups (broad SMARTS) is 1. The summed E-state index contributed by atoms with van der Waals surface area (Å²) in [5.74, 6) is 0.352. The van der Waals surface area contributed by atoms with Crippen molar-refractivity contribution in [1.82, 2.24) is 19.9 Å². The number of carbonyl (C=O) groups excluding carboxylic acids is 1. The van der Waals surface area contributed by atoms with Gasteiger partial charge in [-0.2, -0.15) is 12.6 Å². The molecule has 1 atom stereocenters. The zero-order valence-corrected chi connectivity index (χ0v) is 24.6. The molecule has 8 heteroatoms. The number of imidazole rings is 1. The van der Waals surface area contributed by atoms with Crippen LogP contribution in [0.15, 0.2) is 85.1 Å². The van der Waals surface area contributed by atoms with Gasteiger partial charge in [-0.3, -0.25) is 9.78 Å². The van der Waals surface area contributed by atoms with Gasteiger partial charge in [-0.15, -0.1) is 0 Å². The van der Waals surface area contributed by atoms with E-state index < -0.39 is 5.97 Å². The highest BCUT2D eigenvalue weighted by molar-refractivity contribution is 7.80. The quantitative estimate of drug-likeness (QED) is 0.158. The number of aromatic carboxylic acids is 1. The highest BCUT2D eigenvalue weighted by Crippen LogP contribution is 2.26. The molecule has 42 heavy (non-hydrogen) atoms. The van der Waals surface area contributed by atoms with E-state index in [1.807, 2.05) is 55.5 Å². The third-order valence-electron chi connectivity index (χ3n) is 7.35. The molecule has 0 aliphatic carbocycles. The van der Waals surface area contributed by atoms with Gasteiger partial charge in [0.1, 0.15) is 5.82 Å². The molecule has 5 aromatic rings. The van der Waals surface area contributed by atoms with Crippen LogP contribution in [0, 0.1) is 6.92 Å². The van der Waals surface area contributed by atoms with Gasteiger partial charge in [-0.1, -0.05) is 61.5 Å². The number of fused-ring (bicyclic) bond motifs is 1. The number of nitrogens with one attached hydrogen (secondary N) is 1. The van der Waals surface area contributed by atoms with Gasteiger partial charge in [0.2, 0.25) is 0 Å². The highest BCUT2D eigenvalue weighted by atomic mass is 32.1. The summed E-state index contributed by atoms with van der Waals surface area (Å²) in [5.41, 5.74) is 6.85. The molecule has 0 radical (unpaired) electrons. The smallest absolute Gasteiger partial charge is 0.336 e. The van der Waals surface area contributed by atoms with Gasteiger partial charge < -0.3 is 15.0 Å². The average Bonchev–Trinajstić information content (AvgIpc) is 3.35. The molecular formula is C34H34N4O3S. The minimum Gasteiger partial charge on any atom is -0.478 e. The summed E-state index contributed by atoms with van der Waals surface area (Å²) < 4.78 is 2.13. The molecule has 5 rings (SSSR count). The lowest BCUT2D eigenvalue weighted by atomic mass is 10.0. The minimum atomic E-state index is -0.972. The molecule has 1 amide bonds. The van der Waals surface area contributed by atoms with Crippen LogP contribution in [0.3, 0.4) is 0 Å². The van der Waals surface area contributed by atoms with E-state index in [0.717, 1.165) is 52.1 Å². The zero-order chi connectivity index (χ0) is 29.6. The highest BCUT2D eigenvalue weighted by Gasteiger charge is 2.19. The molecule has 3 aromatic carbocycles. The molecule has 2 aromatic heterocycles. The van der Waals surface area contributed by atoms with Crippen LogP contribution in [0.2, 0.25) is 0 Å². The second-order valence-electron chi connectivity index (χ2n) is 10.5. The number of thiol groups is 1. The standard InChI is InChI=1S/C34H34N4O3S/c1-3-9-31-37-32-22(2)16-25(33(39)36-27(21-42)17-23-10-5-4-6-11-23)18-30(32)38(31)20-26-15-14-24(19-35-26)28-12-7-8-13-29(28)34(40)41/h4-8,10-16,18-19,27,42H,3,9,17,20-21H2,1-2H3,(H,36,39)(H,40,41)/t27-/m1/s1. The molecule has 0 aliphatic rings. The Morgan fingerprint density at radius 3 is 2.48 bits per heavy atom. The number of aromatic nitrogens is 3. The Hall–Kier alpha value is -4.43.